The van der Waals surface area contributed by atoms with Gasteiger partial charge >= 0.3 is 0 Å². The Labute approximate surface area is 213 Å². The molecule has 0 radical (unpaired) electrons. The van der Waals surface area contributed by atoms with Crippen LogP contribution in [0.1, 0.15) is 16.7 Å². The molecule has 4 nitrogen and oxygen atoms in total. The number of fused-ring (bicyclic) bond motifs is 1. The van der Waals surface area contributed by atoms with E-state index in [4.69, 9.17) is 16.3 Å². The van der Waals surface area contributed by atoms with Crippen molar-refractivity contribution in [3.05, 3.63) is 110 Å². The van der Waals surface area contributed by atoms with Gasteiger partial charge < -0.3 is 4.74 Å². The molecule has 4 aromatic rings. The van der Waals surface area contributed by atoms with E-state index in [-0.39, 0.29) is 12.3 Å². The lowest BCUT2D eigenvalue weighted by molar-refractivity contribution is -0.120. The molecule has 0 aliphatic carbocycles. The van der Waals surface area contributed by atoms with Gasteiger partial charge in [0.05, 0.1) is 21.6 Å². The number of hydrogen-bond donors (Lipinski definition) is 1. The summed E-state index contributed by atoms with van der Waals surface area (Å²) in [5.41, 5.74) is 5.39. The Morgan fingerprint density at radius 3 is 2.42 bits per heavy atom. The summed E-state index contributed by atoms with van der Waals surface area (Å²) in [5.74, 6) is 0.505. The Bertz CT molecular complexity index is 1300. The Morgan fingerprint density at radius 2 is 1.67 bits per heavy atom. The molecule has 0 aliphatic heterocycles. The second kappa shape index (κ2) is 11.0. The van der Waals surface area contributed by atoms with Crippen LogP contribution in [0.15, 0.2) is 92.9 Å². The molecule has 0 spiro atoms. The molecule has 0 atom stereocenters. The maximum Gasteiger partial charge on any atom is 0.244 e. The fraction of sp³-hybridized carbons (Fsp3) is 0.0769. The molecular weight excluding hydrogens is 568 g/mol. The number of nitrogens with one attached hydrogen (secondary N) is 1. The lowest BCUT2D eigenvalue weighted by Gasteiger charge is -2.11. The standard InChI is InChI=1S/C26H19Br2ClN2O2/c27-23-12-18(13-24(28)26(23)33-16-17-8-10-21(29)11-9-17)15-30-31-25(32)14-20-6-3-5-19-4-1-2-7-22(19)20/h1-13,15H,14,16H2,(H,31,32)/b30-15-. The summed E-state index contributed by atoms with van der Waals surface area (Å²) >= 11 is 13.0. The molecular formula is C26H19Br2ClN2O2. The van der Waals surface area contributed by atoms with E-state index in [9.17, 15) is 4.79 Å². The fourth-order valence-corrected chi connectivity index (χ4v) is 4.94. The van der Waals surface area contributed by atoms with Crippen LogP contribution in [0.4, 0.5) is 0 Å². The summed E-state index contributed by atoms with van der Waals surface area (Å²) in [6, 6.07) is 25.2. The van der Waals surface area contributed by atoms with Crippen molar-refractivity contribution in [2.75, 3.05) is 0 Å². The highest BCUT2D eigenvalue weighted by Gasteiger charge is 2.10. The number of benzene rings is 4. The molecule has 0 unspecified atom stereocenters. The molecule has 0 heterocycles. The van der Waals surface area contributed by atoms with Crippen LogP contribution in [0.5, 0.6) is 5.75 Å². The quantitative estimate of drug-likeness (QED) is 0.183. The first-order chi connectivity index (χ1) is 16.0. The van der Waals surface area contributed by atoms with Crippen molar-refractivity contribution >= 4 is 66.4 Å². The predicted octanol–water partition coefficient (Wildman–Crippen LogP) is 7.29. The van der Waals surface area contributed by atoms with Crippen LogP contribution >= 0.6 is 43.5 Å². The zero-order chi connectivity index (χ0) is 23.2. The van der Waals surface area contributed by atoms with E-state index in [0.717, 1.165) is 36.4 Å². The van der Waals surface area contributed by atoms with Crippen molar-refractivity contribution in [3.63, 3.8) is 0 Å². The lowest BCUT2D eigenvalue weighted by atomic mass is 10.0. The fourth-order valence-electron chi connectivity index (χ4n) is 3.37. The second-order valence-electron chi connectivity index (χ2n) is 7.34. The Hall–Kier alpha value is -2.67. The van der Waals surface area contributed by atoms with E-state index >= 15 is 0 Å². The number of halogens is 3. The van der Waals surface area contributed by atoms with Crippen LogP contribution < -0.4 is 10.2 Å². The molecule has 0 bridgehead atoms. The van der Waals surface area contributed by atoms with Gasteiger partial charge in [0.25, 0.3) is 0 Å². The molecule has 4 rings (SSSR count). The summed E-state index contributed by atoms with van der Waals surface area (Å²) in [7, 11) is 0. The topological polar surface area (TPSA) is 50.7 Å². The highest BCUT2D eigenvalue weighted by atomic mass is 79.9. The highest BCUT2D eigenvalue weighted by Crippen LogP contribution is 2.35. The normalized spacial score (nSPS) is 11.1. The van der Waals surface area contributed by atoms with Gasteiger partial charge in [-0.25, -0.2) is 5.43 Å². The molecule has 0 aromatic heterocycles. The number of hydrazone groups is 1. The number of amides is 1. The Morgan fingerprint density at radius 1 is 0.970 bits per heavy atom. The first kappa shape index (κ1) is 23.5. The van der Waals surface area contributed by atoms with Gasteiger partial charge in [-0.05, 0) is 83.6 Å². The van der Waals surface area contributed by atoms with Crippen LogP contribution in [0, 0.1) is 0 Å². The van der Waals surface area contributed by atoms with E-state index in [0.29, 0.717) is 17.4 Å². The zero-order valence-corrected chi connectivity index (χ0v) is 21.3. The molecule has 33 heavy (non-hydrogen) atoms. The third-order valence-corrected chi connectivity index (χ3v) is 6.38. The molecule has 0 saturated heterocycles. The van der Waals surface area contributed by atoms with Crippen molar-refractivity contribution in [3.8, 4) is 5.75 Å². The minimum atomic E-state index is -0.177. The maximum absolute atomic E-state index is 12.4. The third kappa shape index (κ3) is 6.22. The molecule has 1 N–H and O–H groups in total. The van der Waals surface area contributed by atoms with Gasteiger partial charge in [0.15, 0.2) is 0 Å². The predicted molar refractivity (Wildman–Crippen MR) is 141 cm³/mol. The summed E-state index contributed by atoms with van der Waals surface area (Å²) in [6.07, 6.45) is 1.85. The van der Waals surface area contributed by atoms with Gasteiger partial charge in [0, 0.05) is 5.02 Å². The first-order valence-corrected chi connectivity index (χ1v) is 12.1. The Balaban J connectivity index is 1.37. The van der Waals surface area contributed by atoms with Gasteiger partial charge in [-0.3, -0.25) is 4.79 Å². The minimum absolute atomic E-state index is 0.177. The van der Waals surface area contributed by atoms with Gasteiger partial charge in [0.1, 0.15) is 12.4 Å². The summed E-state index contributed by atoms with van der Waals surface area (Å²) in [5, 5.41) is 6.98. The first-order valence-electron chi connectivity index (χ1n) is 10.1. The van der Waals surface area contributed by atoms with Crippen LogP contribution in [0.3, 0.4) is 0 Å². The molecule has 166 valence electrons. The van der Waals surface area contributed by atoms with Crippen molar-refractivity contribution < 1.29 is 9.53 Å². The SMILES string of the molecule is O=C(Cc1cccc2ccccc12)N/N=C\c1cc(Br)c(OCc2ccc(Cl)cc2)c(Br)c1. The number of carbonyl (C=O) groups excluding carboxylic acids is 1. The third-order valence-electron chi connectivity index (χ3n) is 4.95. The smallest absolute Gasteiger partial charge is 0.244 e. The van der Waals surface area contributed by atoms with Crippen molar-refractivity contribution in [2.45, 2.75) is 13.0 Å². The molecule has 4 aromatic carbocycles. The van der Waals surface area contributed by atoms with E-state index in [2.05, 4.69) is 42.4 Å². The molecule has 0 fully saturated rings. The van der Waals surface area contributed by atoms with E-state index in [1.807, 2.05) is 78.9 Å². The second-order valence-corrected chi connectivity index (χ2v) is 9.48. The Kier molecular flexibility index (Phi) is 7.81. The van der Waals surface area contributed by atoms with Crippen LogP contribution in [-0.4, -0.2) is 12.1 Å². The number of carbonyl (C=O) groups is 1. The largest absolute Gasteiger partial charge is 0.487 e. The van der Waals surface area contributed by atoms with E-state index in [1.165, 1.54) is 0 Å². The zero-order valence-electron chi connectivity index (χ0n) is 17.4. The van der Waals surface area contributed by atoms with Gasteiger partial charge in [-0.15, -0.1) is 0 Å². The molecule has 7 heteroatoms. The van der Waals surface area contributed by atoms with Crippen molar-refractivity contribution in [2.24, 2.45) is 5.10 Å². The van der Waals surface area contributed by atoms with Crippen LogP contribution in [0.2, 0.25) is 5.02 Å². The van der Waals surface area contributed by atoms with Crippen LogP contribution in [-0.2, 0) is 17.8 Å². The van der Waals surface area contributed by atoms with Gasteiger partial charge in [-0.2, -0.15) is 5.10 Å². The lowest BCUT2D eigenvalue weighted by Crippen LogP contribution is -2.19. The minimum Gasteiger partial charge on any atom is -0.487 e. The number of hydrogen-bond acceptors (Lipinski definition) is 3. The summed E-state index contributed by atoms with van der Waals surface area (Å²) in [4.78, 5) is 12.4. The monoisotopic (exact) mass is 584 g/mol. The highest BCUT2D eigenvalue weighted by molar-refractivity contribution is 9.11. The van der Waals surface area contributed by atoms with E-state index in [1.54, 1.807) is 6.21 Å². The van der Waals surface area contributed by atoms with Gasteiger partial charge in [-0.1, -0.05) is 66.2 Å². The number of ether oxygens (including phenoxy) is 1. The van der Waals surface area contributed by atoms with Crippen molar-refractivity contribution in [1.29, 1.82) is 0 Å². The average molecular weight is 587 g/mol. The van der Waals surface area contributed by atoms with Gasteiger partial charge in [0.2, 0.25) is 5.91 Å². The summed E-state index contributed by atoms with van der Waals surface area (Å²) in [6.45, 7) is 0.409. The number of nitrogens with zero attached hydrogens (tertiary/aromatic N) is 1. The van der Waals surface area contributed by atoms with Crippen molar-refractivity contribution in [1.82, 2.24) is 5.43 Å². The van der Waals surface area contributed by atoms with Crippen LogP contribution in [0.25, 0.3) is 10.8 Å². The molecule has 1 amide bonds. The maximum atomic E-state index is 12.4. The summed E-state index contributed by atoms with van der Waals surface area (Å²) < 4.78 is 7.49. The molecule has 0 aliphatic rings. The molecule has 0 saturated carbocycles. The number of rotatable bonds is 7. The average Bonchev–Trinajstić information content (AvgIpc) is 2.80. The van der Waals surface area contributed by atoms with E-state index < -0.39 is 0 Å².